The Morgan fingerprint density at radius 1 is 0.938 bits per heavy atom. The summed E-state index contributed by atoms with van der Waals surface area (Å²) >= 11 is 0. The van der Waals surface area contributed by atoms with Crippen molar-refractivity contribution in [2.75, 3.05) is 0 Å². The van der Waals surface area contributed by atoms with Gasteiger partial charge in [-0.3, -0.25) is 0 Å². The minimum atomic E-state index is -0.906. The topological polar surface area (TPSA) is 34.8 Å². The minimum absolute atomic E-state index is 0.0469. The Bertz CT molecular complexity index is 1670. The van der Waals surface area contributed by atoms with Gasteiger partial charge in [0.25, 0.3) is 5.82 Å². The van der Waals surface area contributed by atoms with Crippen molar-refractivity contribution in [1.82, 2.24) is 9.55 Å². The van der Waals surface area contributed by atoms with Gasteiger partial charge in [-0.15, -0.1) is 0 Å². The minimum Gasteiger partial charge on any atom is -0.437 e. The van der Waals surface area contributed by atoms with E-state index in [1.165, 1.54) is 0 Å². The average Bonchev–Trinajstić information content (AvgIpc) is 3.30. The summed E-state index contributed by atoms with van der Waals surface area (Å²) in [6.07, 6.45) is 0. The number of aryl methyl sites for hydroxylation is 2. The highest BCUT2D eigenvalue weighted by Crippen LogP contribution is 2.39. The van der Waals surface area contributed by atoms with Gasteiger partial charge in [0.15, 0.2) is 16.6 Å². The molecular formula is C26H18F2N3O+. The molecule has 0 amide bonds. The molecule has 6 heteroatoms. The molecule has 4 nitrogen and oxygen atoms in total. The molecule has 0 saturated carbocycles. The van der Waals surface area contributed by atoms with Crippen LogP contribution in [0.15, 0.2) is 77.2 Å². The molecule has 3 aromatic heterocycles. The number of hydrogen-bond acceptors (Lipinski definition) is 2. The van der Waals surface area contributed by atoms with Gasteiger partial charge in [-0.1, -0.05) is 36.4 Å². The molecule has 0 aliphatic heterocycles. The second-order valence-corrected chi connectivity index (χ2v) is 7.89. The molecule has 3 aromatic carbocycles. The molecule has 6 rings (SSSR count). The monoisotopic (exact) mass is 426 g/mol. The van der Waals surface area contributed by atoms with Crippen molar-refractivity contribution in [2.24, 2.45) is 7.05 Å². The highest BCUT2D eigenvalue weighted by atomic mass is 19.1. The summed E-state index contributed by atoms with van der Waals surface area (Å²) in [7, 11) is 2.00. The van der Waals surface area contributed by atoms with Crippen LogP contribution in [0.25, 0.3) is 50.2 Å². The van der Waals surface area contributed by atoms with Crippen molar-refractivity contribution in [3.05, 3.63) is 90.1 Å². The summed E-state index contributed by atoms with van der Waals surface area (Å²) in [5.74, 6) is -0.717. The molecule has 0 aliphatic carbocycles. The van der Waals surface area contributed by atoms with Gasteiger partial charge >= 0.3 is 0 Å². The number of hydrogen-bond donors (Lipinski definition) is 0. The first-order valence-corrected chi connectivity index (χ1v) is 10.3. The van der Waals surface area contributed by atoms with E-state index >= 15 is 0 Å². The number of pyridine rings is 1. The van der Waals surface area contributed by atoms with E-state index < -0.39 is 11.8 Å². The molecule has 0 N–H and O–H groups in total. The third-order valence-electron chi connectivity index (χ3n) is 5.99. The van der Waals surface area contributed by atoms with Crippen LogP contribution in [0, 0.1) is 18.7 Å². The van der Waals surface area contributed by atoms with Gasteiger partial charge in [0.05, 0.1) is 12.4 Å². The quantitative estimate of drug-likeness (QED) is 0.251. The summed E-state index contributed by atoms with van der Waals surface area (Å²) in [5, 5.41) is 0.753. The van der Waals surface area contributed by atoms with Crippen molar-refractivity contribution in [1.29, 1.82) is 0 Å². The van der Waals surface area contributed by atoms with Gasteiger partial charge in [0, 0.05) is 11.5 Å². The molecule has 0 atom stereocenters. The summed E-state index contributed by atoms with van der Waals surface area (Å²) in [6.45, 7) is 1.99. The van der Waals surface area contributed by atoms with Crippen LogP contribution in [0.1, 0.15) is 5.56 Å². The van der Waals surface area contributed by atoms with Crippen molar-refractivity contribution in [3.8, 4) is 17.1 Å². The van der Waals surface area contributed by atoms with E-state index in [1.807, 2.05) is 62.5 Å². The number of fused-ring (bicyclic) bond motifs is 4. The van der Waals surface area contributed by atoms with E-state index in [9.17, 15) is 8.78 Å². The van der Waals surface area contributed by atoms with Crippen molar-refractivity contribution >= 4 is 33.1 Å². The number of para-hydroxylation sites is 3. The van der Waals surface area contributed by atoms with Gasteiger partial charge in [-0.05, 0) is 42.8 Å². The Balaban J connectivity index is 1.81. The second kappa shape index (κ2) is 6.72. The molecule has 32 heavy (non-hydrogen) atoms. The van der Waals surface area contributed by atoms with Crippen molar-refractivity contribution < 1.29 is 17.8 Å². The van der Waals surface area contributed by atoms with E-state index in [4.69, 9.17) is 4.42 Å². The van der Waals surface area contributed by atoms with Crippen molar-refractivity contribution in [2.45, 2.75) is 6.92 Å². The van der Waals surface area contributed by atoms with Crippen LogP contribution in [0.2, 0.25) is 0 Å². The lowest BCUT2D eigenvalue weighted by atomic mass is 10.0. The van der Waals surface area contributed by atoms with Crippen LogP contribution >= 0.6 is 0 Å². The maximum atomic E-state index is 14.7. The first kappa shape index (κ1) is 18.7. The highest BCUT2D eigenvalue weighted by Gasteiger charge is 2.30. The van der Waals surface area contributed by atoms with Crippen LogP contribution in [-0.2, 0) is 7.05 Å². The van der Waals surface area contributed by atoms with Crippen LogP contribution in [0.4, 0.5) is 8.78 Å². The third kappa shape index (κ3) is 2.52. The van der Waals surface area contributed by atoms with Gasteiger partial charge < -0.3 is 4.42 Å². The molecule has 6 aromatic rings. The molecule has 0 unspecified atom stereocenters. The number of rotatable bonds is 2. The van der Waals surface area contributed by atoms with E-state index in [-0.39, 0.29) is 11.1 Å². The Labute approximate surface area is 182 Å². The number of benzene rings is 3. The number of furan rings is 1. The van der Waals surface area contributed by atoms with Gasteiger partial charge in [0.1, 0.15) is 17.1 Å². The summed E-state index contributed by atoms with van der Waals surface area (Å²) in [6, 6.07) is 22.7. The van der Waals surface area contributed by atoms with Crippen LogP contribution < -0.4 is 4.57 Å². The zero-order chi connectivity index (χ0) is 22.0. The first-order valence-electron chi connectivity index (χ1n) is 10.3. The Kier molecular flexibility index (Phi) is 3.92. The maximum absolute atomic E-state index is 14.7. The Hall–Kier alpha value is -4.06. The highest BCUT2D eigenvalue weighted by molar-refractivity contribution is 6.09. The normalized spacial score (nSPS) is 11.8. The fourth-order valence-corrected chi connectivity index (χ4v) is 4.57. The predicted octanol–water partition coefficient (Wildman–Crippen LogP) is 6.00. The van der Waals surface area contributed by atoms with Gasteiger partial charge in [-0.2, -0.15) is 13.9 Å². The molecule has 0 radical (unpaired) electrons. The Morgan fingerprint density at radius 2 is 1.69 bits per heavy atom. The smallest absolute Gasteiger partial charge is 0.298 e. The molecule has 0 aliphatic rings. The van der Waals surface area contributed by atoms with Crippen LogP contribution in [-0.4, -0.2) is 9.55 Å². The maximum Gasteiger partial charge on any atom is 0.298 e. The van der Waals surface area contributed by atoms with Crippen LogP contribution in [0.5, 0.6) is 0 Å². The third-order valence-corrected chi connectivity index (χ3v) is 5.99. The summed E-state index contributed by atoms with van der Waals surface area (Å²) < 4.78 is 38.7. The first-order chi connectivity index (χ1) is 15.5. The van der Waals surface area contributed by atoms with E-state index in [2.05, 4.69) is 26.3 Å². The largest absolute Gasteiger partial charge is 0.437 e. The van der Waals surface area contributed by atoms with Gasteiger partial charge in [-0.25, -0.2) is 8.96 Å². The van der Waals surface area contributed by atoms with E-state index in [0.717, 1.165) is 39.7 Å². The molecule has 0 spiro atoms. The lowest BCUT2D eigenvalue weighted by Gasteiger charge is -2.07. The number of halogens is 2. The predicted molar refractivity (Wildman–Crippen MR) is 120 cm³/mol. The lowest BCUT2D eigenvalue weighted by molar-refractivity contribution is -0.633. The van der Waals surface area contributed by atoms with Crippen molar-refractivity contribution in [3.63, 3.8) is 0 Å². The zero-order valence-corrected chi connectivity index (χ0v) is 17.4. The molecular weight excluding hydrogens is 408 g/mol. The second-order valence-electron chi connectivity index (χ2n) is 7.89. The molecule has 0 fully saturated rings. The van der Waals surface area contributed by atoms with Crippen LogP contribution in [0.3, 0.4) is 0 Å². The standard InChI is InChI=1S/C26H18F2N3O/c1-15-12-13-17-23-18(27)14-21(28)29-25(23)32-24(17)22(15)26-30(2)19-10-6-7-11-20(19)31(26)16-8-4-3-5-9-16/h3-14H,1-2H3/q+1. The fraction of sp³-hybridized carbons (Fsp3) is 0.0769. The fourth-order valence-electron chi connectivity index (χ4n) is 4.57. The number of imidazole rings is 1. The molecule has 0 saturated heterocycles. The molecule has 156 valence electrons. The summed E-state index contributed by atoms with van der Waals surface area (Å²) in [5.41, 5.74) is 5.24. The number of aromatic nitrogens is 3. The van der Waals surface area contributed by atoms with Gasteiger partial charge in [0.2, 0.25) is 11.7 Å². The zero-order valence-electron chi connectivity index (χ0n) is 17.4. The molecule has 0 bridgehead atoms. The molecule has 3 heterocycles. The van der Waals surface area contributed by atoms with E-state index in [0.29, 0.717) is 11.0 Å². The SMILES string of the molecule is Cc1ccc2c(oc3nc(F)cc(F)c32)c1-c1n(-c2ccccc2)c2ccccc2[n+]1C. The lowest BCUT2D eigenvalue weighted by Crippen LogP contribution is -2.30. The Morgan fingerprint density at radius 3 is 2.50 bits per heavy atom. The summed E-state index contributed by atoms with van der Waals surface area (Å²) in [4.78, 5) is 3.80. The average molecular weight is 426 g/mol. The number of nitrogens with zero attached hydrogens (tertiary/aromatic N) is 3. The van der Waals surface area contributed by atoms with E-state index in [1.54, 1.807) is 6.07 Å².